The highest BCUT2D eigenvalue weighted by Crippen LogP contribution is 2.32. The zero-order valence-corrected chi connectivity index (χ0v) is 16.8. The van der Waals surface area contributed by atoms with Crippen molar-refractivity contribution in [2.24, 2.45) is 0 Å². The van der Waals surface area contributed by atoms with Gasteiger partial charge in [0.25, 0.3) is 11.1 Å². The van der Waals surface area contributed by atoms with E-state index in [1.54, 1.807) is 36.0 Å². The molecule has 1 saturated heterocycles. The van der Waals surface area contributed by atoms with Crippen molar-refractivity contribution in [1.82, 2.24) is 4.90 Å². The van der Waals surface area contributed by atoms with Gasteiger partial charge in [0.2, 0.25) is 0 Å². The average molecular weight is 425 g/mol. The van der Waals surface area contributed by atoms with Gasteiger partial charge >= 0.3 is 0 Å². The van der Waals surface area contributed by atoms with Crippen LogP contribution in [0.25, 0.3) is 6.08 Å². The number of halogens is 2. The molecule has 0 radical (unpaired) electrons. The lowest BCUT2D eigenvalue weighted by Crippen LogP contribution is -2.33. The van der Waals surface area contributed by atoms with Gasteiger partial charge in [-0.15, -0.1) is 11.8 Å². The Morgan fingerprint density at radius 2 is 1.85 bits per heavy atom. The summed E-state index contributed by atoms with van der Waals surface area (Å²) in [5.74, 6) is -0.318. The summed E-state index contributed by atoms with van der Waals surface area (Å²) >= 11 is 14.4. The van der Waals surface area contributed by atoms with Crippen LogP contribution in [0.5, 0.6) is 0 Å². The third-order valence-electron chi connectivity index (χ3n) is 3.65. The zero-order valence-electron chi connectivity index (χ0n) is 13.7. The summed E-state index contributed by atoms with van der Waals surface area (Å²) in [5, 5.41) is 3.55. The molecule has 2 amide bonds. The van der Waals surface area contributed by atoms with Crippen LogP contribution in [0.4, 0.5) is 10.5 Å². The van der Waals surface area contributed by atoms with E-state index in [-0.39, 0.29) is 17.8 Å². The molecule has 3 rings (SSSR count). The highest BCUT2D eigenvalue weighted by molar-refractivity contribution is 8.18. The van der Waals surface area contributed by atoms with Crippen LogP contribution in [-0.4, -0.2) is 29.0 Å². The van der Waals surface area contributed by atoms with Crippen LogP contribution in [0.2, 0.25) is 10.0 Å². The second kappa shape index (κ2) is 8.39. The zero-order chi connectivity index (χ0) is 18.7. The number of rotatable bonds is 5. The fraction of sp³-hybridized carbons (Fsp3) is 0.111. The van der Waals surface area contributed by atoms with Crippen LogP contribution in [-0.2, 0) is 4.79 Å². The smallest absolute Gasteiger partial charge is 0.295 e. The van der Waals surface area contributed by atoms with Crippen LogP contribution in [0.1, 0.15) is 5.56 Å². The van der Waals surface area contributed by atoms with Crippen molar-refractivity contribution in [1.29, 1.82) is 0 Å². The monoisotopic (exact) mass is 424 g/mol. The van der Waals surface area contributed by atoms with Crippen LogP contribution < -0.4 is 5.32 Å². The van der Waals surface area contributed by atoms with E-state index in [1.165, 1.54) is 0 Å². The van der Waals surface area contributed by atoms with Gasteiger partial charge in [0.15, 0.2) is 0 Å². The molecule has 0 bridgehead atoms. The first kappa shape index (κ1) is 19.2. The number of imide groups is 1. The minimum absolute atomic E-state index is 0.0609. The van der Waals surface area contributed by atoms with Crippen molar-refractivity contribution >= 4 is 69.6 Å². The van der Waals surface area contributed by atoms with Gasteiger partial charge in [-0.25, -0.2) is 0 Å². The third-order valence-corrected chi connectivity index (χ3v) is 6.04. The van der Waals surface area contributed by atoms with Gasteiger partial charge in [-0.2, -0.15) is 0 Å². The van der Waals surface area contributed by atoms with Crippen LogP contribution in [0.15, 0.2) is 52.3 Å². The first-order valence-corrected chi connectivity index (χ1v) is 10.4. The minimum Gasteiger partial charge on any atom is -0.367 e. The molecule has 0 aliphatic carbocycles. The molecule has 0 atom stereocenters. The summed E-state index contributed by atoms with van der Waals surface area (Å²) in [6, 6.07) is 12.8. The number of carbonyl (C=O) groups excluding carboxylic acids is 2. The Labute approximate surface area is 169 Å². The topological polar surface area (TPSA) is 49.4 Å². The van der Waals surface area contributed by atoms with Crippen molar-refractivity contribution in [3.63, 3.8) is 0 Å². The van der Waals surface area contributed by atoms with Gasteiger partial charge in [0, 0.05) is 10.6 Å². The Morgan fingerprint density at radius 3 is 2.50 bits per heavy atom. The van der Waals surface area contributed by atoms with Gasteiger partial charge in [0.05, 0.1) is 21.6 Å². The molecule has 0 aromatic heterocycles. The van der Waals surface area contributed by atoms with Crippen molar-refractivity contribution in [3.05, 3.63) is 63.0 Å². The highest BCUT2D eigenvalue weighted by Gasteiger charge is 2.34. The van der Waals surface area contributed by atoms with E-state index >= 15 is 0 Å². The lowest BCUT2D eigenvalue weighted by Gasteiger charge is -2.14. The molecule has 1 aliphatic rings. The van der Waals surface area contributed by atoms with Gasteiger partial charge in [-0.1, -0.05) is 35.3 Å². The summed E-state index contributed by atoms with van der Waals surface area (Å²) in [6.07, 6.45) is 3.73. The van der Waals surface area contributed by atoms with Crippen LogP contribution in [0.3, 0.4) is 0 Å². The first-order valence-electron chi connectivity index (χ1n) is 7.56. The predicted octanol–water partition coefficient (Wildman–Crippen LogP) is 5.82. The molecule has 26 heavy (non-hydrogen) atoms. The number of benzene rings is 2. The first-order chi connectivity index (χ1) is 12.5. The predicted molar refractivity (Wildman–Crippen MR) is 111 cm³/mol. The van der Waals surface area contributed by atoms with E-state index < -0.39 is 0 Å². The molecule has 2 aromatic rings. The second-order valence-electron chi connectivity index (χ2n) is 5.35. The normalized spacial score (nSPS) is 15.8. The molecular formula is C18H14Cl2N2O2S2. The summed E-state index contributed by atoms with van der Waals surface area (Å²) < 4.78 is 0. The standard InChI is InChI=1S/C18H14Cl2N2O2S2/c1-25-13-5-2-11(3-6-13)8-16-17(23)22(18(24)26-16)10-21-12-4-7-14(19)15(20)9-12/h2-9,21H,10H2,1H3. The molecule has 1 N–H and O–H groups in total. The van der Waals surface area contributed by atoms with E-state index in [9.17, 15) is 9.59 Å². The molecule has 0 spiro atoms. The Kier molecular flexibility index (Phi) is 6.19. The van der Waals surface area contributed by atoms with Crippen molar-refractivity contribution in [2.75, 3.05) is 18.2 Å². The molecule has 1 aliphatic heterocycles. The molecule has 1 fully saturated rings. The molecule has 8 heteroatoms. The van der Waals surface area contributed by atoms with Gasteiger partial charge in [0.1, 0.15) is 0 Å². The number of carbonyl (C=O) groups is 2. The minimum atomic E-state index is -0.318. The van der Waals surface area contributed by atoms with Gasteiger partial charge in [-0.05, 0) is 60.0 Å². The maximum atomic E-state index is 12.5. The lowest BCUT2D eigenvalue weighted by atomic mass is 10.2. The fourth-order valence-electron chi connectivity index (χ4n) is 2.26. The number of amides is 2. The molecule has 2 aromatic carbocycles. The Hall–Kier alpha value is -1.60. The number of hydrogen-bond donors (Lipinski definition) is 1. The third kappa shape index (κ3) is 4.38. The Morgan fingerprint density at radius 1 is 1.12 bits per heavy atom. The Balaban J connectivity index is 1.69. The van der Waals surface area contributed by atoms with Gasteiger partial charge < -0.3 is 5.32 Å². The molecule has 1 heterocycles. The van der Waals surface area contributed by atoms with E-state index in [0.29, 0.717) is 20.6 Å². The van der Waals surface area contributed by atoms with E-state index in [4.69, 9.17) is 23.2 Å². The lowest BCUT2D eigenvalue weighted by molar-refractivity contribution is -0.122. The van der Waals surface area contributed by atoms with Crippen molar-refractivity contribution < 1.29 is 9.59 Å². The molecular weight excluding hydrogens is 411 g/mol. The Bertz CT molecular complexity index is 885. The molecule has 134 valence electrons. The largest absolute Gasteiger partial charge is 0.367 e. The SMILES string of the molecule is CSc1ccc(C=C2SC(=O)N(CNc3ccc(Cl)c(Cl)c3)C2=O)cc1. The fourth-order valence-corrected chi connectivity index (χ4v) is 3.81. The average Bonchev–Trinajstić information content (AvgIpc) is 2.90. The highest BCUT2D eigenvalue weighted by atomic mass is 35.5. The van der Waals surface area contributed by atoms with Gasteiger partial charge in [-0.3, -0.25) is 14.5 Å². The number of nitrogens with zero attached hydrogens (tertiary/aromatic N) is 1. The van der Waals surface area contributed by atoms with Crippen molar-refractivity contribution in [3.8, 4) is 0 Å². The van der Waals surface area contributed by atoms with E-state index in [0.717, 1.165) is 27.1 Å². The summed E-state index contributed by atoms with van der Waals surface area (Å²) in [7, 11) is 0. The molecule has 0 unspecified atom stereocenters. The summed E-state index contributed by atoms with van der Waals surface area (Å²) in [6.45, 7) is 0.0609. The molecule has 0 saturated carbocycles. The molecule has 4 nitrogen and oxygen atoms in total. The van der Waals surface area contributed by atoms with E-state index in [2.05, 4.69) is 5.32 Å². The maximum Gasteiger partial charge on any atom is 0.295 e. The van der Waals surface area contributed by atoms with E-state index in [1.807, 2.05) is 30.5 Å². The van der Waals surface area contributed by atoms with Crippen molar-refractivity contribution in [2.45, 2.75) is 4.90 Å². The number of thioether (sulfide) groups is 2. The number of nitrogens with one attached hydrogen (secondary N) is 1. The number of anilines is 1. The quantitative estimate of drug-likeness (QED) is 0.483. The second-order valence-corrected chi connectivity index (χ2v) is 8.03. The summed E-state index contributed by atoms with van der Waals surface area (Å²) in [4.78, 5) is 27.4. The maximum absolute atomic E-state index is 12.5. The number of hydrogen-bond acceptors (Lipinski definition) is 5. The summed E-state index contributed by atoms with van der Waals surface area (Å²) in [5.41, 5.74) is 1.56. The van der Waals surface area contributed by atoms with Crippen LogP contribution in [0, 0.1) is 0 Å². The van der Waals surface area contributed by atoms with Crippen LogP contribution >= 0.6 is 46.7 Å².